The molecule has 4 heteroatoms. The van der Waals surface area contributed by atoms with Crippen LogP contribution >= 0.6 is 11.3 Å². The van der Waals surface area contributed by atoms with Crippen molar-refractivity contribution in [3.8, 4) is 0 Å². The first kappa shape index (κ1) is 14.9. The fourth-order valence-corrected chi connectivity index (χ4v) is 4.55. The monoisotopic (exact) mass is 326 g/mol. The maximum absolute atomic E-state index is 12.8. The summed E-state index contributed by atoms with van der Waals surface area (Å²) in [5.41, 5.74) is 2.03. The van der Waals surface area contributed by atoms with Gasteiger partial charge in [-0.05, 0) is 44.1 Å². The molecule has 0 bridgehead atoms. The van der Waals surface area contributed by atoms with E-state index < -0.39 is 0 Å². The molecule has 2 aliphatic carbocycles. The second-order valence-corrected chi connectivity index (χ2v) is 7.79. The Labute approximate surface area is 141 Å². The largest absolute Gasteiger partial charge is 0.301 e. The molecule has 1 heterocycles. The number of thiazole rings is 1. The van der Waals surface area contributed by atoms with Crippen LogP contribution in [0.1, 0.15) is 54.7 Å². The third-order valence-electron chi connectivity index (χ3n) is 5.08. The average Bonchev–Trinajstić information content (AvgIpc) is 3.29. The maximum Gasteiger partial charge on any atom is 0.236 e. The van der Waals surface area contributed by atoms with Crippen molar-refractivity contribution in [3.05, 3.63) is 46.5 Å². The summed E-state index contributed by atoms with van der Waals surface area (Å²) < 4.78 is 0. The predicted molar refractivity (Wildman–Crippen MR) is 94.0 cm³/mol. The van der Waals surface area contributed by atoms with E-state index in [-0.39, 0.29) is 11.3 Å². The summed E-state index contributed by atoms with van der Waals surface area (Å²) in [6.07, 6.45) is 9.14. The van der Waals surface area contributed by atoms with Gasteiger partial charge in [0.15, 0.2) is 5.13 Å². The second kappa shape index (κ2) is 6.08. The minimum atomic E-state index is -0.318. The van der Waals surface area contributed by atoms with Gasteiger partial charge < -0.3 is 5.32 Å². The highest BCUT2D eigenvalue weighted by Gasteiger charge is 2.51. The summed E-state index contributed by atoms with van der Waals surface area (Å²) in [6, 6.07) is 10.1. The highest BCUT2D eigenvalue weighted by atomic mass is 32.1. The Morgan fingerprint density at radius 2 is 1.78 bits per heavy atom. The molecule has 23 heavy (non-hydrogen) atoms. The van der Waals surface area contributed by atoms with Gasteiger partial charge >= 0.3 is 0 Å². The number of aromatic nitrogens is 1. The Morgan fingerprint density at radius 3 is 2.52 bits per heavy atom. The first-order chi connectivity index (χ1) is 11.3. The summed E-state index contributed by atoms with van der Waals surface area (Å²) in [5.74, 6) is 0.116. The number of aryl methyl sites for hydroxylation is 2. The van der Waals surface area contributed by atoms with Crippen molar-refractivity contribution in [1.82, 2.24) is 4.98 Å². The van der Waals surface area contributed by atoms with Gasteiger partial charge in [0, 0.05) is 4.88 Å². The molecule has 0 atom stereocenters. The zero-order chi connectivity index (χ0) is 15.7. The summed E-state index contributed by atoms with van der Waals surface area (Å²) in [7, 11) is 0. The summed E-state index contributed by atoms with van der Waals surface area (Å²) in [6.45, 7) is 0. The predicted octanol–water partition coefficient (Wildman–Crippen LogP) is 4.47. The first-order valence-corrected chi connectivity index (χ1v) is 9.45. The van der Waals surface area contributed by atoms with Crippen LogP contribution in [0.2, 0.25) is 0 Å². The highest BCUT2D eigenvalue weighted by molar-refractivity contribution is 7.15. The fraction of sp³-hybridized carbons (Fsp3) is 0.474. The quantitative estimate of drug-likeness (QED) is 0.904. The van der Waals surface area contributed by atoms with Gasteiger partial charge in [-0.15, -0.1) is 11.3 Å². The molecule has 3 nitrogen and oxygen atoms in total. The van der Waals surface area contributed by atoms with Gasteiger partial charge in [-0.3, -0.25) is 4.79 Å². The molecule has 1 amide bonds. The van der Waals surface area contributed by atoms with E-state index in [1.165, 1.54) is 36.3 Å². The van der Waals surface area contributed by atoms with E-state index >= 15 is 0 Å². The van der Waals surface area contributed by atoms with E-state index in [0.29, 0.717) is 0 Å². The third kappa shape index (κ3) is 2.92. The van der Waals surface area contributed by atoms with Crippen molar-refractivity contribution in [1.29, 1.82) is 0 Å². The Balaban J connectivity index is 1.52. The molecule has 0 aliphatic heterocycles. The van der Waals surface area contributed by atoms with Gasteiger partial charge in [0.25, 0.3) is 0 Å². The Hall–Kier alpha value is -1.68. The van der Waals surface area contributed by atoms with Gasteiger partial charge in [0.1, 0.15) is 0 Å². The van der Waals surface area contributed by atoms with Crippen LogP contribution in [0.15, 0.2) is 30.3 Å². The van der Waals surface area contributed by atoms with Crippen molar-refractivity contribution in [2.75, 3.05) is 5.32 Å². The topological polar surface area (TPSA) is 42.0 Å². The number of nitrogens with zero attached hydrogens (tertiary/aromatic N) is 1. The number of hydrogen-bond acceptors (Lipinski definition) is 3. The lowest BCUT2D eigenvalue weighted by molar-refractivity contribution is -0.118. The number of benzene rings is 1. The molecule has 0 saturated heterocycles. The molecule has 1 aromatic carbocycles. The first-order valence-electron chi connectivity index (χ1n) is 8.63. The fourth-order valence-electron chi connectivity index (χ4n) is 3.50. The van der Waals surface area contributed by atoms with Gasteiger partial charge in [0.05, 0.1) is 11.1 Å². The Kier molecular flexibility index (Phi) is 3.93. The summed E-state index contributed by atoms with van der Waals surface area (Å²) in [4.78, 5) is 18.9. The number of anilines is 1. The van der Waals surface area contributed by atoms with E-state index in [1.807, 2.05) is 18.2 Å². The van der Waals surface area contributed by atoms with Crippen LogP contribution in [0, 0.1) is 0 Å². The molecule has 0 radical (unpaired) electrons. The number of fused-ring (bicyclic) bond motifs is 1. The molecule has 0 unspecified atom stereocenters. The minimum absolute atomic E-state index is 0.116. The minimum Gasteiger partial charge on any atom is -0.301 e. The van der Waals surface area contributed by atoms with E-state index in [2.05, 4.69) is 17.4 Å². The molecule has 1 N–H and O–H groups in total. The third-order valence-corrected chi connectivity index (χ3v) is 6.15. The van der Waals surface area contributed by atoms with Crippen molar-refractivity contribution in [2.45, 2.75) is 56.8 Å². The molecule has 4 rings (SSSR count). The summed E-state index contributed by atoms with van der Waals surface area (Å²) >= 11 is 1.68. The van der Waals surface area contributed by atoms with E-state index in [0.717, 1.165) is 36.4 Å². The molecular weight excluding hydrogens is 304 g/mol. The normalized spacial score (nSPS) is 19.3. The number of hydrogen-bond donors (Lipinski definition) is 1. The van der Waals surface area contributed by atoms with Gasteiger partial charge in [-0.25, -0.2) is 4.98 Å². The van der Waals surface area contributed by atoms with E-state index in [4.69, 9.17) is 4.98 Å². The van der Waals surface area contributed by atoms with Gasteiger partial charge in [-0.2, -0.15) is 0 Å². The number of carbonyl (C=O) groups excluding carboxylic acids is 1. The van der Waals surface area contributed by atoms with Crippen LogP contribution in [0.4, 0.5) is 5.13 Å². The van der Waals surface area contributed by atoms with Crippen molar-refractivity contribution < 1.29 is 4.79 Å². The molecule has 120 valence electrons. The van der Waals surface area contributed by atoms with Crippen LogP contribution in [-0.4, -0.2) is 10.9 Å². The lowest BCUT2D eigenvalue weighted by Gasteiger charge is -2.14. The summed E-state index contributed by atoms with van der Waals surface area (Å²) in [5, 5.41) is 3.91. The SMILES string of the molecule is O=C(Nc1nc2c(s1)CCCCCC2)C1(c2ccccc2)CC1. The van der Waals surface area contributed by atoms with E-state index in [9.17, 15) is 4.79 Å². The Morgan fingerprint density at radius 1 is 1.04 bits per heavy atom. The standard InChI is InChI=1S/C19H22N2OS/c22-17(19(12-13-19)14-8-4-3-5-9-14)21-18-20-15-10-6-1-2-7-11-16(15)23-18/h3-5,8-9H,1-2,6-7,10-13H2,(H,20,21,22). The van der Waals surface area contributed by atoms with Crippen molar-refractivity contribution in [3.63, 3.8) is 0 Å². The second-order valence-electron chi connectivity index (χ2n) is 6.71. The Bertz CT molecular complexity index is 678. The zero-order valence-corrected chi connectivity index (χ0v) is 14.1. The molecule has 2 aromatic rings. The number of rotatable bonds is 3. The smallest absolute Gasteiger partial charge is 0.236 e. The maximum atomic E-state index is 12.8. The van der Waals surface area contributed by atoms with Crippen LogP contribution in [-0.2, 0) is 23.1 Å². The molecule has 1 aromatic heterocycles. The van der Waals surface area contributed by atoms with Crippen molar-refractivity contribution >= 4 is 22.4 Å². The molecule has 2 aliphatic rings. The molecular formula is C19H22N2OS. The van der Waals surface area contributed by atoms with Crippen LogP contribution in [0.5, 0.6) is 0 Å². The lowest BCUT2D eigenvalue weighted by Crippen LogP contribution is -2.27. The lowest BCUT2D eigenvalue weighted by atomic mass is 9.95. The van der Waals surface area contributed by atoms with E-state index in [1.54, 1.807) is 11.3 Å². The number of nitrogens with one attached hydrogen (secondary N) is 1. The molecule has 1 saturated carbocycles. The number of carbonyl (C=O) groups is 1. The zero-order valence-electron chi connectivity index (χ0n) is 13.3. The van der Waals surface area contributed by atoms with Crippen LogP contribution in [0.25, 0.3) is 0 Å². The highest BCUT2D eigenvalue weighted by Crippen LogP contribution is 2.49. The van der Waals surface area contributed by atoms with Crippen LogP contribution in [0.3, 0.4) is 0 Å². The average molecular weight is 326 g/mol. The van der Waals surface area contributed by atoms with Crippen molar-refractivity contribution in [2.24, 2.45) is 0 Å². The number of amides is 1. The molecule has 1 fully saturated rings. The van der Waals surface area contributed by atoms with Gasteiger partial charge in [0.2, 0.25) is 5.91 Å². The van der Waals surface area contributed by atoms with Gasteiger partial charge in [-0.1, -0.05) is 43.2 Å². The van der Waals surface area contributed by atoms with Crippen LogP contribution < -0.4 is 5.32 Å². The molecule has 0 spiro atoms.